The Hall–Kier alpha value is -4.87. The Bertz CT molecular complexity index is 1700. The van der Waals surface area contributed by atoms with Crippen LogP contribution < -0.4 is 24.7 Å². The number of hydrogen-bond donors (Lipinski definition) is 1. The Labute approximate surface area is 229 Å². The highest BCUT2D eigenvalue weighted by atomic mass is 35.5. The van der Waals surface area contributed by atoms with Gasteiger partial charge in [0.25, 0.3) is 0 Å². The Morgan fingerprint density at radius 3 is 2.74 bits per heavy atom. The Morgan fingerprint density at radius 2 is 2.00 bits per heavy atom. The van der Waals surface area contributed by atoms with Crippen LogP contribution in [0.1, 0.15) is 33.2 Å². The number of esters is 1. The van der Waals surface area contributed by atoms with Crippen LogP contribution in [0.2, 0.25) is 5.02 Å². The van der Waals surface area contributed by atoms with Crippen molar-refractivity contribution < 1.29 is 28.2 Å². The molecule has 1 unspecified atom stereocenters. The molecule has 4 aromatic rings. The molecule has 196 valence electrons. The Kier molecular flexibility index (Phi) is 6.92. The van der Waals surface area contributed by atoms with Crippen LogP contribution in [0.15, 0.2) is 83.1 Å². The van der Waals surface area contributed by atoms with Gasteiger partial charge in [-0.25, -0.2) is 4.79 Å². The molecule has 9 heteroatoms. The Morgan fingerprint density at radius 1 is 1.18 bits per heavy atom. The summed E-state index contributed by atoms with van der Waals surface area (Å²) in [6, 6.07) is 17.5. The highest BCUT2D eigenvalue weighted by molar-refractivity contribution is 6.31. The number of allylic oxidation sites excluding steroid dienone is 1. The van der Waals surface area contributed by atoms with Gasteiger partial charge in [0.05, 0.1) is 13.0 Å². The van der Waals surface area contributed by atoms with Crippen molar-refractivity contribution in [3.05, 3.63) is 106 Å². The maximum absolute atomic E-state index is 13.0. The number of ether oxygens (including phenoxy) is 4. The number of furan rings is 1. The van der Waals surface area contributed by atoms with E-state index in [1.807, 2.05) is 6.07 Å². The summed E-state index contributed by atoms with van der Waals surface area (Å²) in [6.07, 6.45) is 1.63. The van der Waals surface area contributed by atoms with E-state index in [9.17, 15) is 10.1 Å². The van der Waals surface area contributed by atoms with Gasteiger partial charge in [0.2, 0.25) is 11.6 Å². The molecule has 5 rings (SSSR count). The number of halogens is 1. The second-order valence-electron chi connectivity index (χ2n) is 8.72. The molecule has 0 saturated heterocycles. The number of nitrogens with zero attached hydrogens (tertiary/aromatic N) is 1. The minimum atomic E-state index is -0.673. The van der Waals surface area contributed by atoms with Crippen molar-refractivity contribution in [2.24, 2.45) is 5.73 Å². The number of nitrogens with two attached hydrogens (primary N) is 1. The molecule has 1 atom stereocenters. The van der Waals surface area contributed by atoms with Crippen LogP contribution in [0, 0.1) is 18.3 Å². The minimum Gasteiger partial charge on any atom is -0.493 e. The smallest absolute Gasteiger partial charge is 0.379 e. The van der Waals surface area contributed by atoms with Gasteiger partial charge in [-0.3, -0.25) is 0 Å². The van der Waals surface area contributed by atoms with E-state index in [-0.39, 0.29) is 23.0 Å². The molecule has 2 N–H and O–H groups in total. The lowest BCUT2D eigenvalue weighted by Crippen LogP contribution is -2.21. The van der Waals surface area contributed by atoms with Crippen LogP contribution in [-0.2, 0) is 0 Å². The van der Waals surface area contributed by atoms with Gasteiger partial charge >= 0.3 is 5.97 Å². The van der Waals surface area contributed by atoms with E-state index in [0.717, 1.165) is 10.9 Å². The molecule has 39 heavy (non-hydrogen) atoms. The first-order valence-electron chi connectivity index (χ1n) is 11.9. The van der Waals surface area contributed by atoms with E-state index in [2.05, 4.69) is 12.6 Å². The first kappa shape index (κ1) is 25.8. The number of hydrogen-bond acceptors (Lipinski definition) is 8. The van der Waals surface area contributed by atoms with Crippen LogP contribution in [0.3, 0.4) is 0 Å². The van der Waals surface area contributed by atoms with E-state index >= 15 is 0 Å². The summed E-state index contributed by atoms with van der Waals surface area (Å²) < 4.78 is 28.3. The Balaban J connectivity index is 1.48. The zero-order valence-electron chi connectivity index (χ0n) is 21.1. The average Bonchev–Trinajstić information content (AvgIpc) is 3.26. The summed E-state index contributed by atoms with van der Waals surface area (Å²) in [7, 11) is 1.53. The van der Waals surface area contributed by atoms with Crippen molar-refractivity contribution in [3.63, 3.8) is 0 Å². The standard InChI is InChI=1S/C30H23ClN2O6/c1-4-11-36-24-9-5-17(12-26(24)35-3)27-20-8-7-19(14-25(20)39-29(33)22(27)15-32)37-30(34)28-16(2)21-13-18(31)6-10-23(21)38-28/h4-10,12-14,27H,1,11,33H2,2-3H3. The number of methoxy groups -OCH3 is 1. The van der Waals surface area contributed by atoms with Crippen molar-refractivity contribution in [2.45, 2.75) is 12.8 Å². The quantitative estimate of drug-likeness (QED) is 0.162. The van der Waals surface area contributed by atoms with Crippen molar-refractivity contribution in [1.29, 1.82) is 5.26 Å². The van der Waals surface area contributed by atoms with Crippen LogP contribution >= 0.6 is 11.6 Å². The van der Waals surface area contributed by atoms with Gasteiger partial charge in [-0.05, 0) is 48.9 Å². The zero-order valence-corrected chi connectivity index (χ0v) is 21.9. The van der Waals surface area contributed by atoms with Crippen LogP contribution in [0.25, 0.3) is 11.0 Å². The third-order valence-electron chi connectivity index (χ3n) is 6.36. The molecule has 0 spiro atoms. The SMILES string of the molecule is C=CCOc1ccc(C2C(C#N)=C(N)Oc3cc(OC(=O)c4oc5ccc(Cl)cc5c4C)ccc32)cc1OC. The molecule has 2 heterocycles. The fourth-order valence-electron chi connectivity index (χ4n) is 4.52. The number of carbonyl (C=O) groups excluding carboxylic acids is 1. The van der Waals surface area contributed by atoms with Gasteiger partial charge in [-0.2, -0.15) is 5.26 Å². The van der Waals surface area contributed by atoms with Crippen molar-refractivity contribution in [3.8, 4) is 29.1 Å². The van der Waals surface area contributed by atoms with E-state index < -0.39 is 11.9 Å². The normalized spacial score (nSPS) is 14.3. The van der Waals surface area contributed by atoms with Crippen LogP contribution in [-0.4, -0.2) is 19.7 Å². The summed E-state index contributed by atoms with van der Waals surface area (Å²) in [5, 5.41) is 11.2. The van der Waals surface area contributed by atoms with E-state index in [0.29, 0.717) is 45.6 Å². The predicted octanol–water partition coefficient (Wildman–Crippen LogP) is 6.41. The lowest BCUT2D eigenvalue weighted by molar-refractivity contribution is 0.0702. The van der Waals surface area contributed by atoms with Gasteiger partial charge in [-0.15, -0.1) is 0 Å². The second-order valence-corrected chi connectivity index (χ2v) is 9.16. The molecular formula is C30H23ClN2O6. The zero-order chi connectivity index (χ0) is 27.7. The molecule has 8 nitrogen and oxygen atoms in total. The van der Waals surface area contributed by atoms with Crippen molar-refractivity contribution >= 4 is 28.5 Å². The third-order valence-corrected chi connectivity index (χ3v) is 6.60. The molecule has 1 aliphatic rings. The molecule has 3 aromatic carbocycles. The second kappa shape index (κ2) is 10.5. The predicted molar refractivity (Wildman–Crippen MR) is 145 cm³/mol. The minimum absolute atomic E-state index is 0.0468. The average molecular weight is 543 g/mol. The van der Waals surface area contributed by atoms with Crippen LogP contribution in [0.4, 0.5) is 0 Å². The molecule has 0 saturated carbocycles. The summed E-state index contributed by atoms with van der Waals surface area (Å²) in [5.74, 6) is 0.396. The van der Waals surface area contributed by atoms with Crippen LogP contribution in [0.5, 0.6) is 23.0 Å². The molecule has 0 aliphatic carbocycles. The maximum atomic E-state index is 13.0. The summed E-state index contributed by atoms with van der Waals surface area (Å²) in [6.45, 7) is 5.73. The molecular weight excluding hydrogens is 520 g/mol. The number of fused-ring (bicyclic) bond motifs is 2. The topological polar surface area (TPSA) is 117 Å². The van der Waals surface area contributed by atoms with Crippen molar-refractivity contribution in [1.82, 2.24) is 0 Å². The monoisotopic (exact) mass is 542 g/mol. The van der Waals surface area contributed by atoms with Gasteiger partial charge < -0.3 is 29.1 Å². The molecule has 0 radical (unpaired) electrons. The first-order chi connectivity index (χ1) is 18.8. The summed E-state index contributed by atoms with van der Waals surface area (Å²) in [5.41, 5.74) is 8.94. The molecule has 0 fully saturated rings. The van der Waals surface area contributed by atoms with Gasteiger partial charge in [0.1, 0.15) is 35.3 Å². The van der Waals surface area contributed by atoms with Crippen molar-refractivity contribution in [2.75, 3.05) is 13.7 Å². The van der Waals surface area contributed by atoms with Gasteiger partial charge in [-0.1, -0.05) is 36.4 Å². The fourth-order valence-corrected chi connectivity index (χ4v) is 4.69. The highest BCUT2D eigenvalue weighted by Gasteiger charge is 2.32. The largest absolute Gasteiger partial charge is 0.493 e. The van der Waals surface area contributed by atoms with E-state index in [1.165, 1.54) is 7.11 Å². The molecule has 1 aliphatic heterocycles. The first-order valence-corrected chi connectivity index (χ1v) is 12.3. The summed E-state index contributed by atoms with van der Waals surface area (Å²) in [4.78, 5) is 13.0. The molecule has 1 aromatic heterocycles. The molecule has 0 bridgehead atoms. The lowest BCUT2D eigenvalue weighted by atomic mass is 9.83. The van der Waals surface area contributed by atoms with Gasteiger partial charge in [0.15, 0.2) is 11.5 Å². The number of carbonyl (C=O) groups is 1. The highest BCUT2D eigenvalue weighted by Crippen LogP contribution is 2.45. The summed E-state index contributed by atoms with van der Waals surface area (Å²) >= 11 is 6.09. The maximum Gasteiger partial charge on any atom is 0.379 e. The van der Waals surface area contributed by atoms with E-state index in [1.54, 1.807) is 61.5 Å². The number of benzene rings is 3. The lowest BCUT2D eigenvalue weighted by Gasteiger charge is -2.27. The number of nitriles is 1. The number of aryl methyl sites for hydroxylation is 1. The fraction of sp³-hybridized carbons (Fsp3) is 0.133. The van der Waals surface area contributed by atoms with Gasteiger partial charge in [0, 0.05) is 27.6 Å². The van der Waals surface area contributed by atoms with E-state index in [4.69, 9.17) is 40.7 Å². The number of rotatable bonds is 7. The molecule has 0 amide bonds. The third kappa shape index (κ3) is 4.76.